The third kappa shape index (κ3) is 2.67. The number of aromatic hydroxyl groups is 1. The van der Waals surface area contributed by atoms with E-state index in [1.807, 2.05) is 0 Å². The van der Waals surface area contributed by atoms with Gasteiger partial charge in [-0.05, 0) is 18.2 Å². The van der Waals surface area contributed by atoms with Crippen LogP contribution in [0, 0.1) is 0 Å². The Kier molecular flexibility index (Phi) is 4.10. The van der Waals surface area contributed by atoms with Gasteiger partial charge in [-0.3, -0.25) is 9.59 Å². The quantitative estimate of drug-likeness (QED) is 0.672. The van der Waals surface area contributed by atoms with Crippen molar-refractivity contribution in [1.82, 2.24) is 10.2 Å². The van der Waals surface area contributed by atoms with Crippen LogP contribution in [0.2, 0.25) is 0 Å². The van der Waals surface area contributed by atoms with Gasteiger partial charge in [0.05, 0.1) is 18.2 Å². The van der Waals surface area contributed by atoms with Crippen LogP contribution < -0.4 is 10.1 Å². The molecule has 0 spiro atoms. The maximum Gasteiger partial charge on any atom is 0.333 e. The molecule has 0 radical (unpaired) electrons. The number of β-lactam (4-membered cyclic amide) rings is 1. The molecule has 126 valence electrons. The lowest BCUT2D eigenvalue weighted by Crippen LogP contribution is -2.68. The Bertz CT molecular complexity index is 762. The second-order valence-corrected chi connectivity index (χ2v) is 6.35. The lowest BCUT2D eigenvalue weighted by atomic mass is 10.1. The fourth-order valence-electron chi connectivity index (χ4n) is 2.47. The maximum atomic E-state index is 12.3. The molecule has 3 N–H and O–H groups in total. The van der Waals surface area contributed by atoms with E-state index in [9.17, 15) is 19.5 Å². The number of carboxylic acid groups (broad SMARTS) is 1. The number of thioether (sulfide) groups is 1. The number of rotatable bonds is 4. The molecule has 0 aromatic heterocycles. The minimum atomic E-state index is -1.07. The Morgan fingerprint density at radius 3 is 2.83 bits per heavy atom. The molecule has 0 saturated carbocycles. The fraction of sp³-hybridized carbons (Fsp3) is 0.267. The number of hydrogen-bond acceptors (Lipinski definition) is 6. The Morgan fingerprint density at radius 1 is 1.42 bits per heavy atom. The van der Waals surface area contributed by atoms with E-state index >= 15 is 0 Å². The van der Waals surface area contributed by atoms with Gasteiger partial charge in [-0.2, -0.15) is 0 Å². The van der Waals surface area contributed by atoms with Crippen molar-refractivity contribution in [3.05, 3.63) is 35.5 Å². The Labute approximate surface area is 141 Å². The smallest absolute Gasteiger partial charge is 0.333 e. The SMILES string of the molecule is COc1ccc(O)c(C(=O)NC2C(=O)N3C=C(C(=O)O)CS[C@H]23)c1. The summed E-state index contributed by atoms with van der Waals surface area (Å²) in [5.74, 6) is -1.62. The average molecular weight is 350 g/mol. The Balaban J connectivity index is 1.73. The van der Waals surface area contributed by atoms with E-state index in [-0.39, 0.29) is 33.9 Å². The van der Waals surface area contributed by atoms with Crippen LogP contribution in [0.4, 0.5) is 0 Å². The van der Waals surface area contributed by atoms with Gasteiger partial charge >= 0.3 is 5.97 Å². The number of hydrogen-bond donors (Lipinski definition) is 3. The second-order valence-electron chi connectivity index (χ2n) is 5.24. The zero-order valence-corrected chi connectivity index (χ0v) is 13.4. The largest absolute Gasteiger partial charge is 0.507 e. The number of phenolic OH excluding ortho intramolecular Hbond substituents is 1. The van der Waals surface area contributed by atoms with E-state index in [0.717, 1.165) is 0 Å². The van der Waals surface area contributed by atoms with E-state index in [1.165, 1.54) is 48.2 Å². The molecular weight excluding hydrogens is 336 g/mol. The highest BCUT2D eigenvalue weighted by molar-refractivity contribution is 8.00. The van der Waals surface area contributed by atoms with Crippen LogP contribution in [0.3, 0.4) is 0 Å². The van der Waals surface area contributed by atoms with E-state index in [4.69, 9.17) is 9.84 Å². The lowest BCUT2D eigenvalue weighted by molar-refractivity contribution is -0.141. The van der Waals surface area contributed by atoms with Gasteiger partial charge in [0, 0.05) is 12.0 Å². The van der Waals surface area contributed by atoms with Crippen molar-refractivity contribution in [2.75, 3.05) is 12.9 Å². The highest BCUT2D eigenvalue weighted by Gasteiger charge is 2.50. The molecule has 2 amide bonds. The van der Waals surface area contributed by atoms with Crippen LogP contribution in [0.25, 0.3) is 0 Å². The van der Waals surface area contributed by atoms with Gasteiger partial charge in [-0.1, -0.05) is 0 Å². The summed E-state index contributed by atoms with van der Waals surface area (Å²) in [7, 11) is 1.44. The van der Waals surface area contributed by atoms with E-state index < -0.39 is 17.9 Å². The first-order chi connectivity index (χ1) is 11.4. The molecule has 2 aliphatic heterocycles. The topological polar surface area (TPSA) is 116 Å². The third-order valence-corrected chi connectivity index (χ3v) is 5.11. The van der Waals surface area contributed by atoms with Gasteiger partial charge in [0.1, 0.15) is 22.9 Å². The zero-order chi connectivity index (χ0) is 17.4. The molecular formula is C15H14N2O6S. The van der Waals surface area contributed by atoms with E-state index in [1.54, 1.807) is 0 Å². The molecule has 9 heteroatoms. The number of nitrogens with zero attached hydrogens (tertiary/aromatic N) is 1. The molecule has 1 unspecified atom stereocenters. The molecule has 3 rings (SSSR count). The number of carboxylic acids is 1. The van der Waals surface area contributed by atoms with Crippen LogP contribution in [0.15, 0.2) is 30.0 Å². The number of amides is 2. The van der Waals surface area contributed by atoms with Crippen LogP contribution in [0.1, 0.15) is 10.4 Å². The highest BCUT2D eigenvalue weighted by atomic mass is 32.2. The van der Waals surface area contributed by atoms with E-state index in [0.29, 0.717) is 5.75 Å². The minimum Gasteiger partial charge on any atom is -0.507 e. The van der Waals surface area contributed by atoms with E-state index in [2.05, 4.69) is 5.32 Å². The molecule has 24 heavy (non-hydrogen) atoms. The fourth-order valence-corrected chi connectivity index (χ4v) is 3.72. The van der Waals surface area contributed by atoms with Gasteiger partial charge in [0.25, 0.3) is 11.8 Å². The first-order valence-electron chi connectivity index (χ1n) is 6.98. The first kappa shape index (κ1) is 16.2. The van der Waals surface area contributed by atoms with Crippen LogP contribution in [0.5, 0.6) is 11.5 Å². The standard InChI is InChI=1S/C15H14N2O6S/c1-23-8-2-3-10(18)9(4-8)12(19)16-11-13(20)17-5-7(15(21)22)6-24-14(11)17/h2-5,11,14,18H,6H2,1H3,(H,16,19)(H,21,22)/t11?,14-/m1/s1. The van der Waals surface area contributed by atoms with Gasteiger partial charge in [0.2, 0.25) is 0 Å². The van der Waals surface area contributed by atoms with Gasteiger partial charge < -0.3 is 25.2 Å². The number of phenols is 1. The molecule has 8 nitrogen and oxygen atoms in total. The summed E-state index contributed by atoms with van der Waals surface area (Å²) < 4.78 is 5.01. The van der Waals surface area contributed by atoms with Crippen molar-refractivity contribution < 1.29 is 29.3 Å². The van der Waals surface area contributed by atoms with Crippen molar-refractivity contribution in [2.24, 2.45) is 0 Å². The molecule has 1 fully saturated rings. The minimum absolute atomic E-state index is 0.00294. The van der Waals surface area contributed by atoms with Crippen molar-refractivity contribution >= 4 is 29.5 Å². The monoisotopic (exact) mass is 350 g/mol. The summed E-state index contributed by atoms with van der Waals surface area (Å²) in [4.78, 5) is 36.7. The maximum absolute atomic E-state index is 12.3. The molecule has 2 aliphatic rings. The summed E-state index contributed by atoms with van der Waals surface area (Å²) in [6.45, 7) is 0. The van der Waals surface area contributed by atoms with Crippen molar-refractivity contribution in [1.29, 1.82) is 0 Å². The van der Waals surface area contributed by atoms with Crippen molar-refractivity contribution in [2.45, 2.75) is 11.4 Å². The first-order valence-corrected chi connectivity index (χ1v) is 8.03. The number of fused-ring (bicyclic) bond motifs is 1. The Hall–Kier alpha value is -2.68. The van der Waals surface area contributed by atoms with Crippen molar-refractivity contribution in [3.8, 4) is 11.5 Å². The number of benzene rings is 1. The molecule has 0 bridgehead atoms. The molecule has 0 aliphatic carbocycles. The van der Waals surface area contributed by atoms with Gasteiger partial charge in [-0.15, -0.1) is 11.8 Å². The normalized spacial score (nSPS) is 22.1. The molecule has 1 aromatic carbocycles. The number of methoxy groups -OCH3 is 1. The lowest BCUT2D eigenvalue weighted by Gasteiger charge is -2.47. The summed E-state index contributed by atoms with van der Waals surface area (Å²) in [5, 5.41) is 21.0. The molecule has 1 aromatic rings. The predicted octanol–water partition coefficient (Wildman–Crippen LogP) is 0.383. The number of carbonyl (C=O) groups is 3. The number of carbonyl (C=O) groups excluding carboxylic acids is 2. The zero-order valence-electron chi connectivity index (χ0n) is 12.6. The predicted molar refractivity (Wildman–Crippen MR) is 84.7 cm³/mol. The van der Waals surface area contributed by atoms with Gasteiger partial charge in [-0.25, -0.2) is 4.79 Å². The number of nitrogens with one attached hydrogen (secondary N) is 1. The molecule has 2 atom stereocenters. The summed E-state index contributed by atoms with van der Waals surface area (Å²) >= 11 is 1.26. The Morgan fingerprint density at radius 2 is 2.17 bits per heavy atom. The van der Waals surface area contributed by atoms with Crippen LogP contribution in [-0.2, 0) is 9.59 Å². The highest BCUT2D eigenvalue weighted by Crippen LogP contribution is 2.36. The molecule has 1 saturated heterocycles. The average Bonchev–Trinajstić information content (AvgIpc) is 2.58. The van der Waals surface area contributed by atoms with Crippen molar-refractivity contribution in [3.63, 3.8) is 0 Å². The number of ether oxygens (including phenoxy) is 1. The van der Waals surface area contributed by atoms with Crippen LogP contribution in [-0.4, -0.2) is 57.2 Å². The molecule has 2 heterocycles. The third-order valence-electron chi connectivity index (χ3n) is 3.79. The second kappa shape index (κ2) is 6.08. The van der Waals surface area contributed by atoms with Crippen LogP contribution >= 0.6 is 11.8 Å². The van der Waals surface area contributed by atoms with Gasteiger partial charge in [0.15, 0.2) is 0 Å². The summed E-state index contributed by atoms with van der Waals surface area (Å²) in [6.07, 6.45) is 1.30. The summed E-state index contributed by atoms with van der Waals surface area (Å²) in [6, 6.07) is 3.46. The summed E-state index contributed by atoms with van der Waals surface area (Å²) in [5.41, 5.74) is 0.142. The number of aliphatic carboxylic acids is 1.